The predicted molar refractivity (Wildman–Crippen MR) is 186 cm³/mol. The Morgan fingerprint density at radius 2 is 1.38 bits per heavy atom. The van der Waals surface area contributed by atoms with Crippen LogP contribution in [-0.4, -0.2) is 72.4 Å². The standard InChI is InChI=1S/C39H47N3O8/c1-39(2,3)49-38(43)50-42-24-35(47-26-29-14-18-40-19-15-29)37(36(25-42)48-27-30-16-20-41-21-17-30)31-10-12-33(13-11-31)46-23-7-22-45-28-32-8-5-6-9-34(32)44-4/h5-6,8-21,35-37H,7,22-28H2,1-4H3/t35-,36+,37?. The Labute approximate surface area is 294 Å². The first-order valence-corrected chi connectivity index (χ1v) is 16.9. The lowest BCUT2D eigenvalue weighted by atomic mass is 9.85. The van der Waals surface area contributed by atoms with E-state index in [1.807, 2.05) is 72.8 Å². The molecular formula is C39H47N3O8. The third kappa shape index (κ3) is 11.5. The molecule has 0 spiro atoms. The van der Waals surface area contributed by atoms with Gasteiger partial charge in [0.2, 0.25) is 0 Å². The molecule has 11 nitrogen and oxygen atoms in total. The lowest BCUT2D eigenvalue weighted by Crippen LogP contribution is -2.53. The molecule has 11 heteroatoms. The molecule has 3 atom stereocenters. The van der Waals surface area contributed by atoms with Crippen molar-refractivity contribution in [1.82, 2.24) is 15.0 Å². The van der Waals surface area contributed by atoms with E-state index in [4.69, 9.17) is 33.3 Å². The smallest absolute Gasteiger partial charge is 0.496 e. The first kappa shape index (κ1) is 36.7. The largest absolute Gasteiger partial charge is 0.528 e. The van der Waals surface area contributed by atoms with E-state index < -0.39 is 24.0 Å². The van der Waals surface area contributed by atoms with E-state index in [0.29, 0.717) is 46.1 Å². The van der Waals surface area contributed by atoms with Gasteiger partial charge in [-0.3, -0.25) is 9.97 Å². The van der Waals surface area contributed by atoms with Crippen LogP contribution in [0.3, 0.4) is 0 Å². The molecule has 1 fully saturated rings. The van der Waals surface area contributed by atoms with Crippen molar-refractivity contribution in [2.75, 3.05) is 33.4 Å². The Balaban J connectivity index is 1.26. The van der Waals surface area contributed by atoms with Gasteiger partial charge >= 0.3 is 6.16 Å². The summed E-state index contributed by atoms with van der Waals surface area (Å²) >= 11 is 0. The number of pyridine rings is 2. The van der Waals surface area contributed by atoms with E-state index in [9.17, 15) is 4.79 Å². The number of para-hydroxylation sites is 1. The van der Waals surface area contributed by atoms with Crippen LogP contribution in [0.25, 0.3) is 0 Å². The Hall–Kier alpha value is -4.55. The minimum Gasteiger partial charge on any atom is -0.496 e. The van der Waals surface area contributed by atoms with Gasteiger partial charge in [-0.2, -0.15) is 0 Å². The molecule has 0 radical (unpaired) electrons. The maximum Gasteiger partial charge on any atom is 0.528 e. The molecule has 4 aromatic rings. The second kappa shape index (κ2) is 18.4. The summed E-state index contributed by atoms with van der Waals surface area (Å²) in [5.41, 5.74) is 3.30. The third-order valence-corrected chi connectivity index (χ3v) is 8.01. The van der Waals surface area contributed by atoms with Crippen molar-refractivity contribution in [3.05, 3.63) is 120 Å². The van der Waals surface area contributed by atoms with Crippen molar-refractivity contribution in [2.45, 2.75) is 70.7 Å². The number of rotatable bonds is 16. The molecular weight excluding hydrogens is 638 g/mol. The molecule has 0 N–H and O–H groups in total. The molecule has 0 saturated carbocycles. The minimum atomic E-state index is -0.775. The van der Waals surface area contributed by atoms with Gasteiger partial charge in [-0.25, -0.2) is 4.79 Å². The highest BCUT2D eigenvalue weighted by Crippen LogP contribution is 2.35. The number of hydroxylamine groups is 2. The molecule has 1 unspecified atom stereocenters. The summed E-state index contributed by atoms with van der Waals surface area (Å²) in [6.07, 6.45) is 6.12. The zero-order valence-electron chi connectivity index (χ0n) is 29.2. The Bertz CT molecular complexity index is 1530. The van der Waals surface area contributed by atoms with Crippen LogP contribution in [0.15, 0.2) is 97.6 Å². The molecule has 1 saturated heterocycles. The second-order valence-corrected chi connectivity index (χ2v) is 13.0. The summed E-state index contributed by atoms with van der Waals surface area (Å²) < 4.78 is 35.9. The highest BCUT2D eigenvalue weighted by Gasteiger charge is 2.41. The lowest BCUT2D eigenvalue weighted by molar-refractivity contribution is -0.209. The summed E-state index contributed by atoms with van der Waals surface area (Å²) in [6, 6.07) is 23.5. The van der Waals surface area contributed by atoms with Crippen molar-refractivity contribution >= 4 is 6.16 Å². The van der Waals surface area contributed by atoms with Gasteiger partial charge in [0.15, 0.2) is 0 Å². The SMILES string of the molecule is COc1ccccc1COCCCOc1ccc(C2[C@@H](OCc3ccncc3)CN(OC(=O)OC(C)(C)C)C[C@H]2OCc2ccncc2)cc1. The van der Waals surface area contributed by atoms with Gasteiger partial charge in [-0.1, -0.05) is 30.3 Å². The van der Waals surface area contributed by atoms with Gasteiger partial charge in [0, 0.05) is 42.7 Å². The zero-order chi connectivity index (χ0) is 35.2. The second-order valence-electron chi connectivity index (χ2n) is 13.0. The first-order valence-electron chi connectivity index (χ1n) is 16.9. The number of hydrogen-bond donors (Lipinski definition) is 0. The molecule has 0 amide bonds. The van der Waals surface area contributed by atoms with Gasteiger partial charge in [-0.05, 0) is 79.9 Å². The van der Waals surface area contributed by atoms with Crippen LogP contribution in [-0.2, 0) is 43.6 Å². The maximum absolute atomic E-state index is 12.7. The topological polar surface area (TPSA) is 111 Å². The fraction of sp³-hybridized carbons (Fsp3) is 0.410. The van der Waals surface area contributed by atoms with Crippen LogP contribution in [0.1, 0.15) is 55.4 Å². The monoisotopic (exact) mass is 685 g/mol. The summed E-state index contributed by atoms with van der Waals surface area (Å²) in [6.45, 7) is 8.28. The predicted octanol–water partition coefficient (Wildman–Crippen LogP) is 6.91. The molecule has 0 aliphatic carbocycles. The molecule has 266 valence electrons. The highest BCUT2D eigenvalue weighted by atomic mass is 16.8. The van der Waals surface area contributed by atoms with Crippen molar-refractivity contribution in [3.8, 4) is 11.5 Å². The van der Waals surface area contributed by atoms with Crippen molar-refractivity contribution in [2.24, 2.45) is 0 Å². The van der Waals surface area contributed by atoms with E-state index in [0.717, 1.165) is 40.2 Å². The number of benzene rings is 2. The van der Waals surface area contributed by atoms with Gasteiger partial charge < -0.3 is 33.3 Å². The van der Waals surface area contributed by atoms with Crippen LogP contribution in [0, 0.1) is 0 Å². The average molecular weight is 686 g/mol. The van der Waals surface area contributed by atoms with E-state index in [1.165, 1.54) is 0 Å². The summed E-state index contributed by atoms with van der Waals surface area (Å²) in [4.78, 5) is 26.7. The van der Waals surface area contributed by atoms with Crippen LogP contribution >= 0.6 is 0 Å². The maximum atomic E-state index is 12.7. The average Bonchev–Trinajstić information content (AvgIpc) is 3.11. The lowest BCUT2D eigenvalue weighted by Gasteiger charge is -2.42. The highest BCUT2D eigenvalue weighted by molar-refractivity contribution is 5.60. The van der Waals surface area contributed by atoms with E-state index in [2.05, 4.69) is 9.97 Å². The summed E-state index contributed by atoms with van der Waals surface area (Å²) in [5, 5.41) is 1.58. The molecule has 50 heavy (non-hydrogen) atoms. The number of piperidine rings is 1. The quantitative estimate of drug-likeness (QED) is 0.0907. The molecule has 2 aromatic heterocycles. The van der Waals surface area contributed by atoms with E-state index in [-0.39, 0.29) is 5.92 Å². The van der Waals surface area contributed by atoms with E-state index >= 15 is 0 Å². The number of aromatic nitrogens is 2. The first-order chi connectivity index (χ1) is 24.3. The Morgan fingerprint density at radius 1 is 0.780 bits per heavy atom. The number of nitrogens with zero attached hydrogens (tertiary/aromatic N) is 3. The fourth-order valence-corrected chi connectivity index (χ4v) is 5.64. The van der Waals surface area contributed by atoms with E-state index in [1.54, 1.807) is 57.7 Å². The van der Waals surface area contributed by atoms with Crippen LogP contribution in [0.2, 0.25) is 0 Å². The number of ether oxygens (including phenoxy) is 6. The van der Waals surface area contributed by atoms with Gasteiger partial charge in [-0.15, -0.1) is 5.06 Å². The van der Waals surface area contributed by atoms with Crippen LogP contribution < -0.4 is 9.47 Å². The van der Waals surface area contributed by atoms with Gasteiger partial charge in [0.05, 0.1) is 65.4 Å². The molecule has 1 aliphatic heterocycles. The summed E-state index contributed by atoms with van der Waals surface area (Å²) in [5.74, 6) is 1.39. The normalized spacial score (nSPS) is 18.0. The number of carbonyl (C=O) groups excluding carboxylic acids is 1. The Morgan fingerprint density at radius 3 is 1.96 bits per heavy atom. The fourth-order valence-electron chi connectivity index (χ4n) is 5.64. The van der Waals surface area contributed by atoms with Crippen LogP contribution in [0.5, 0.6) is 11.5 Å². The number of carbonyl (C=O) groups is 1. The van der Waals surface area contributed by atoms with Crippen molar-refractivity contribution in [1.29, 1.82) is 0 Å². The molecule has 2 aromatic carbocycles. The van der Waals surface area contributed by atoms with Crippen molar-refractivity contribution < 1.29 is 38.1 Å². The summed E-state index contributed by atoms with van der Waals surface area (Å²) in [7, 11) is 1.66. The molecule has 5 rings (SSSR count). The number of methoxy groups -OCH3 is 1. The Kier molecular flexibility index (Phi) is 13.5. The molecule has 0 bridgehead atoms. The van der Waals surface area contributed by atoms with Gasteiger partial charge in [0.1, 0.15) is 17.1 Å². The third-order valence-electron chi connectivity index (χ3n) is 8.01. The minimum absolute atomic E-state index is 0.186. The van der Waals surface area contributed by atoms with Crippen molar-refractivity contribution in [3.63, 3.8) is 0 Å². The van der Waals surface area contributed by atoms with Crippen LogP contribution in [0.4, 0.5) is 4.79 Å². The molecule has 1 aliphatic rings. The number of hydrogen-bond acceptors (Lipinski definition) is 11. The zero-order valence-corrected chi connectivity index (χ0v) is 29.2. The van der Waals surface area contributed by atoms with Gasteiger partial charge in [0.25, 0.3) is 0 Å². The molecule has 3 heterocycles.